The zero-order valence-electron chi connectivity index (χ0n) is 12.0. The first-order valence-corrected chi connectivity index (χ1v) is 6.99. The van der Waals surface area contributed by atoms with Gasteiger partial charge in [0.05, 0.1) is 5.69 Å². The molecule has 0 unspecified atom stereocenters. The summed E-state index contributed by atoms with van der Waals surface area (Å²) in [5.41, 5.74) is 2.14. The highest BCUT2D eigenvalue weighted by Gasteiger charge is 2.11. The molecule has 0 radical (unpaired) electrons. The monoisotopic (exact) mass is 272 g/mol. The van der Waals surface area contributed by atoms with Crippen LogP contribution in [-0.4, -0.2) is 50.6 Å². The maximum absolute atomic E-state index is 4.46. The molecule has 0 aromatic carbocycles. The number of piperazine rings is 1. The number of aryl methyl sites for hydroxylation is 2. The van der Waals surface area contributed by atoms with Gasteiger partial charge in [-0.25, -0.2) is 15.0 Å². The Hall–Kier alpha value is -1.79. The molecule has 106 valence electrons. The summed E-state index contributed by atoms with van der Waals surface area (Å²) in [7, 11) is 0. The lowest BCUT2D eigenvalue weighted by Crippen LogP contribution is -2.42. The summed E-state index contributed by atoms with van der Waals surface area (Å²) in [5, 5.41) is 3.36. The predicted octanol–water partition coefficient (Wildman–Crippen LogP) is 0.684. The molecule has 1 saturated heterocycles. The third kappa shape index (κ3) is 2.86. The molecule has 1 N–H and O–H groups in total. The molecule has 1 fully saturated rings. The van der Waals surface area contributed by atoms with E-state index in [0.29, 0.717) is 5.95 Å². The van der Waals surface area contributed by atoms with Crippen molar-refractivity contribution >= 4 is 0 Å². The summed E-state index contributed by atoms with van der Waals surface area (Å²) in [6, 6.07) is 0. The quantitative estimate of drug-likeness (QED) is 0.890. The Bertz CT molecular complexity index is 568. The van der Waals surface area contributed by atoms with E-state index in [0.717, 1.165) is 49.8 Å². The summed E-state index contributed by atoms with van der Waals surface area (Å²) < 4.78 is 1.92. The first kappa shape index (κ1) is 13.2. The number of aromatic nitrogens is 4. The maximum atomic E-state index is 4.46. The van der Waals surface area contributed by atoms with Crippen molar-refractivity contribution < 1.29 is 0 Å². The van der Waals surface area contributed by atoms with Crippen LogP contribution >= 0.6 is 0 Å². The molecule has 0 aliphatic carbocycles. The molecular formula is C14H20N6. The van der Waals surface area contributed by atoms with Crippen LogP contribution in [0.25, 0.3) is 5.95 Å². The topological polar surface area (TPSA) is 58.9 Å². The molecule has 0 bridgehead atoms. The fourth-order valence-electron chi connectivity index (χ4n) is 2.50. The number of nitrogens with zero attached hydrogens (tertiary/aromatic N) is 5. The molecule has 3 heterocycles. The van der Waals surface area contributed by atoms with Gasteiger partial charge in [0.1, 0.15) is 5.82 Å². The van der Waals surface area contributed by atoms with Gasteiger partial charge < -0.3 is 5.32 Å². The highest BCUT2D eigenvalue weighted by molar-refractivity contribution is 5.19. The van der Waals surface area contributed by atoms with Crippen molar-refractivity contribution in [2.75, 3.05) is 26.2 Å². The first-order valence-electron chi connectivity index (χ1n) is 6.99. The van der Waals surface area contributed by atoms with Crippen LogP contribution in [0.3, 0.4) is 0 Å². The molecule has 1 aliphatic heterocycles. The van der Waals surface area contributed by atoms with Crippen LogP contribution in [0.5, 0.6) is 0 Å². The van der Waals surface area contributed by atoms with Gasteiger partial charge in [-0.2, -0.15) is 0 Å². The molecule has 0 saturated carbocycles. The van der Waals surface area contributed by atoms with E-state index in [1.165, 1.54) is 0 Å². The van der Waals surface area contributed by atoms with Crippen LogP contribution in [0.15, 0.2) is 18.6 Å². The second kappa shape index (κ2) is 5.68. The number of hydrogen-bond acceptors (Lipinski definition) is 5. The lowest BCUT2D eigenvalue weighted by atomic mass is 10.3. The van der Waals surface area contributed by atoms with Crippen LogP contribution in [0, 0.1) is 13.8 Å². The summed E-state index contributed by atoms with van der Waals surface area (Å²) in [4.78, 5) is 15.7. The van der Waals surface area contributed by atoms with Crippen LogP contribution in [-0.2, 0) is 6.54 Å². The summed E-state index contributed by atoms with van der Waals surface area (Å²) in [6.45, 7) is 9.15. The van der Waals surface area contributed by atoms with E-state index >= 15 is 0 Å². The van der Waals surface area contributed by atoms with Crippen molar-refractivity contribution in [2.24, 2.45) is 0 Å². The highest BCUT2D eigenvalue weighted by atomic mass is 15.2. The molecule has 20 heavy (non-hydrogen) atoms. The molecule has 2 aromatic heterocycles. The smallest absolute Gasteiger partial charge is 0.235 e. The van der Waals surface area contributed by atoms with Crippen LogP contribution in [0.4, 0.5) is 0 Å². The van der Waals surface area contributed by atoms with E-state index in [1.54, 1.807) is 0 Å². The third-order valence-electron chi connectivity index (χ3n) is 3.53. The van der Waals surface area contributed by atoms with Gasteiger partial charge in [-0.1, -0.05) is 0 Å². The Balaban J connectivity index is 1.72. The average Bonchev–Trinajstić information content (AvgIpc) is 2.80. The molecule has 0 amide bonds. The van der Waals surface area contributed by atoms with Gasteiger partial charge in [-0.05, 0) is 13.8 Å². The van der Waals surface area contributed by atoms with Crippen LogP contribution < -0.4 is 5.32 Å². The van der Waals surface area contributed by atoms with E-state index in [9.17, 15) is 0 Å². The lowest BCUT2D eigenvalue weighted by molar-refractivity contribution is 0.232. The van der Waals surface area contributed by atoms with Gasteiger partial charge in [0.2, 0.25) is 5.95 Å². The third-order valence-corrected chi connectivity index (χ3v) is 3.53. The summed E-state index contributed by atoms with van der Waals surface area (Å²) in [5.74, 6) is 1.60. The SMILES string of the molecule is Cc1cn(-c2ncc(CN3CCNCC3)cn2)c(C)n1. The summed E-state index contributed by atoms with van der Waals surface area (Å²) >= 11 is 0. The van der Waals surface area contributed by atoms with E-state index in [-0.39, 0.29) is 0 Å². The van der Waals surface area contributed by atoms with E-state index < -0.39 is 0 Å². The van der Waals surface area contributed by atoms with E-state index in [1.807, 2.05) is 37.0 Å². The van der Waals surface area contributed by atoms with Crippen molar-refractivity contribution in [2.45, 2.75) is 20.4 Å². The van der Waals surface area contributed by atoms with Crippen molar-refractivity contribution in [1.82, 2.24) is 29.7 Å². The van der Waals surface area contributed by atoms with E-state index in [2.05, 4.69) is 25.2 Å². The molecule has 6 nitrogen and oxygen atoms in total. The zero-order chi connectivity index (χ0) is 13.9. The highest BCUT2D eigenvalue weighted by Crippen LogP contribution is 2.09. The zero-order valence-corrected chi connectivity index (χ0v) is 12.0. The molecule has 0 spiro atoms. The van der Waals surface area contributed by atoms with Gasteiger partial charge in [-0.3, -0.25) is 9.47 Å². The van der Waals surface area contributed by atoms with Crippen molar-refractivity contribution in [3.63, 3.8) is 0 Å². The second-order valence-corrected chi connectivity index (χ2v) is 5.22. The van der Waals surface area contributed by atoms with Crippen molar-refractivity contribution in [3.8, 4) is 5.95 Å². The molecule has 3 rings (SSSR count). The first-order chi connectivity index (χ1) is 9.72. The number of rotatable bonds is 3. The van der Waals surface area contributed by atoms with Crippen molar-refractivity contribution in [3.05, 3.63) is 35.7 Å². The Morgan fingerprint density at radius 1 is 1.15 bits per heavy atom. The minimum absolute atomic E-state index is 0.687. The van der Waals surface area contributed by atoms with Gasteiger partial charge in [0.15, 0.2) is 0 Å². The standard InChI is InChI=1S/C14H20N6/c1-11-9-20(12(2)18-11)14-16-7-13(8-17-14)10-19-5-3-15-4-6-19/h7-9,15H,3-6,10H2,1-2H3. The van der Waals surface area contributed by atoms with Gasteiger partial charge >= 0.3 is 0 Å². The molecule has 6 heteroatoms. The number of imidazole rings is 1. The largest absolute Gasteiger partial charge is 0.314 e. The lowest BCUT2D eigenvalue weighted by Gasteiger charge is -2.26. The fraction of sp³-hybridized carbons (Fsp3) is 0.500. The van der Waals surface area contributed by atoms with E-state index in [4.69, 9.17) is 0 Å². The minimum atomic E-state index is 0.687. The molecule has 2 aromatic rings. The molecule has 0 atom stereocenters. The Kier molecular flexibility index (Phi) is 3.75. The number of nitrogens with one attached hydrogen (secondary N) is 1. The molecular weight excluding hydrogens is 252 g/mol. The Labute approximate surface area is 118 Å². The van der Waals surface area contributed by atoms with Crippen LogP contribution in [0.1, 0.15) is 17.1 Å². The predicted molar refractivity (Wildman–Crippen MR) is 76.8 cm³/mol. The minimum Gasteiger partial charge on any atom is -0.314 e. The van der Waals surface area contributed by atoms with Gasteiger partial charge in [0, 0.05) is 56.9 Å². The molecule has 1 aliphatic rings. The van der Waals surface area contributed by atoms with Crippen LogP contribution in [0.2, 0.25) is 0 Å². The van der Waals surface area contributed by atoms with Crippen molar-refractivity contribution in [1.29, 1.82) is 0 Å². The van der Waals surface area contributed by atoms with Gasteiger partial charge in [-0.15, -0.1) is 0 Å². The van der Waals surface area contributed by atoms with Gasteiger partial charge in [0.25, 0.3) is 0 Å². The average molecular weight is 272 g/mol. The maximum Gasteiger partial charge on any atom is 0.235 e. The summed E-state index contributed by atoms with van der Waals surface area (Å²) in [6.07, 6.45) is 5.79. The fourth-order valence-corrected chi connectivity index (χ4v) is 2.50. The second-order valence-electron chi connectivity index (χ2n) is 5.22. The Morgan fingerprint density at radius 2 is 1.85 bits per heavy atom. The normalized spacial score (nSPS) is 16.5. The Morgan fingerprint density at radius 3 is 2.45 bits per heavy atom. The number of hydrogen-bond donors (Lipinski definition) is 1.